The Kier molecular flexibility index (Phi) is 35.9. The van der Waals surface area contributed by atoms with Gasteiger partial charge in [-0.2, -0.15) is 0 Å². The zero-order valence-electron chi connectivity index (χ0n) is 32.4. The van der Waals surface area contributed by atoms with Crippen LogP contribution < -0.4 is 0 Å². The third-order valence-electron chi connectivity index (χ3n) is 7.91. The predicted molar refractivity (Wildman–Crippen MR) is 216 cm³/mol. The van der Waals surface area contributed by atoms with Gasteiger partial charge in [0.15, 0.2) is 6.10 Å². The normalized spacial score (nSPS) is 13.4. The fourth-order valence-corrected chi connectivity index (χ4v) is 5.34. The molecule has 0 bridgehead atoms. The molecule has 0 amide bonds. The molecule has 0 aliphatic heterocycles. The summed E-state index contributed by atoms with van der Waals surface area (Å²) in [7, 11) is -4.77. The van der Waals surface area contributed by atoms with Crippen molar-refractivity contribution in [3.63, 3.8) is 0 Å². The Labute approximate surface area is 316 Å². The van der Waals surface area contributed by atoms with Crippen LogP contribution in [0.25, 0.3) is 0 Å². The molecule has 52 heavy (non-hydrogen) atoms. The van der Waals surface area contributed by atoms with E-state index in [1.165, 1.54) is 51.4 Å². The highest BCUT2D eigenvalue weighted by atomic mass is 31.2. The first-order valence-electron chi connectivity index (χ1n) is 19.9. The molecule has 0 saturated heterocycles. The number of allylic oxidation sites excluding steroid dienone is 14. The minimum atomic E-state index is -4.77. The van der Waals surface area contributed by atoms with Crippen LogP contribution in [0, 0.1) is 0 Å². The molecule has 0 aliphatic carbocycles. The molecule has 0 aromatic carbocycles. The van der Waals surface area contributed by atoms with E-state index >= 15 is 0 Å². The fraction of sp³-hybridized carbons (Fsp3) is 0.628. The molecule has 8 nitrogen and oxygen atoms in total. The van der Waals surface area contributed by atoms with Crippen LogP contribution in [-0.4, -0.2) is 41.0 Å². The minimum absolute atomic E-state index is 0.137. The number of unbranched alkanes of at least 4 members (excludes halogenated alkanes) is 11. The third kappa shape index (κ3) is 40.0. The Morgan fingerprint density at radius 3 is 1.46 bits per heavy atom. The van der Waals surface area contributed by atoms with E-state index < -0.39 is 32.5 Å². The molecule has 0 fully saturated rings. The van der Waals surface area contributed by atoms with Crippen LogP contribution in [0.4, 0.5) is 0 Å². The first-order valence-corrected chi connectivity index (χ1v) is 21.4. The maximum atomic E-state index is 12.4. The largest absolute Gasteiger partial charge is 0.469 e. The molecule has 0 unspecified atom stereocenters. The Hall–Kier alpha value is -2.77. The molecule has 0 aliphatic rings. The number of hydrogen-bond acceptors (Lipinski definition) is 6. The van der Waals surface area contributed by atoms with Gasteiger partial charge in [-0.25, -0.2) is 4.57 Å². The molecule has 0 saturated carbocycles. The monoisotopic (exact) mass is 746 g/mol. The van der Waals surface area contributed by atoms with Crippen LogP contribution >= 0.6 is 7.82 Å². The second-order valence-corrected chi connectivity index (χ2v) is 14.1. The van der Waals surface area contributed by atoms with Crippen LogP contribution in [0.1, 0.15) is 155 Å². The van der Waals surface area contributed by atoms with E-state index in [1.54, 1.807) is 0 Å². The van der Waals surface area contributed by atoms with Gasteiger partial charge in [-0.05, 0) is 77.0 Å². The number of phosphoric ester groups is 1. The average Bonchev–Trinajstić information content (AvgIpc) is 3.11. The molecule has 0 spiro atoms. The van der Waals surface area contributed by atoms with Crippen molar-refractivity contribution in [2.45, 2.75) is 161 Å². The van der Waals surface area contributed by atoms with E-state index in [1.807, 2.05) is 12.2 Å². The minimum Gasteiger partial charge on any atom is -0.462 e. The lowest BCUT2D eigenvalue weighted by atomic mass is 10.1. The Morgan fingerprint density at radius 2 is 0.962 bits per heavy atom. The highest BCUT2D eigenvalue weighted by Gasteiger charge is 2.22. The van der Waals surface area contributed by atoms with E-state index in [4.69, 9.17) is 19.3 Å². The molecule has 9 heteroatoms. The van der Waals surface area contributed by atoms with E-state index in [0.29, 0.717) is 12.8 Å². The van der Waals surface area contributed by atoms with Crippen LogP contribution in [0.5, 0.6) is 0 Å². The lowest BCUT2D eigenvalue weighted by molar-refractivity contribution is -0.161. The maximum absolute atomic E-state index is 12.4. The van der Waals surface area contributed by atoms with E-state index in [-0.39, 0.29) is 19.4 Å². The van der Waals surface area contributed by atoms with Crippen LogP contribution in [-0.2, 0) is 28.2 Å². The Morgan fingerprint density at radius 1 is 0.519 bits per heavy atom. The van der Waals surface area contributed by atoms with Crippen molar-refractivity contribution < 1.29 is 37.9 Å². The maximum Gasteiger partial charge on any atom is 0.469 e. The third-order valence-corrected chi connectivity index (χ3v) is 8.40. The first-order chi connectivity index (χ1) is 25.3. The second kappa shape index (κ2) is 38.0. The van der Waals surface area contributed by atoms with Crippen LogP contribution in [0.2, 0.25) is 0 Å². The number of carbonyl (C=O) groups is 2. The predicted octanol–water partition coefficient (Wildman–Crippen LogP) is 12.1. The molecular formula is C43H71O8P. The summed E-state index contributed by atoms with van der Waals surface area (Å²) in [6.45, 7) is 3.47. The van der Waals surface area contributed by atoms with Crippen molar-refractivity contribution in [1.82, 2.24) is 0 Å². The van der Waals surface area contributed by atoms with E-state index in [9.17, 15) is 14.2 Å². The van der Waals surface area contributed by atoms with Gasteiger partial charge in [0.2, 0.25) is 0 Å². The van der Waals surface area contributed by atoms with Gasteiger partial charge in [0.05, 0.1) is 6.61 Å². The van der Waals surface area contributed by atoms with Crippen LogP contribution in [0.3, 0.4) is 0 Å². The summed E-state index contributed by atoms with van der Waals surface area (Å²) in [5, 5.41) is 0. The van der Waals surface area contributed by atoms with Gasteiger partial charge in [-0.3, -0.25) is 14.1 Å². The SMILES string of the molecule is CC/C=C\C/C=C\C/C=C\C/C=C\C/C=C\C/C=C\CCC(=O)OC[C@H](COP(=O)(O)O)OC(=O)CCCCCCCCC/C=C\CCCCCC. The Bertz CT molecular complexity index is 1110. The summed E-state index contributed by atoms with van der Waals surface area (Å²) in [4.78, 5) is 42.7. The molecule has 0 heterocycles. The number of rotatable bonds is 35. The fourth-order valence-electron chi connectivity index (χ4n) is 4.98. The van der Waals surface area contributed by atoms with Gasteiger partial charge in [0.25, 0.3) is 0 Å². The summed E-state index contributed by atoms with van der Waals surface area (Å²) < 4.78 is 26.3. The van der Waals surface area contributed by atoms with Gasteiger partial charge in [0, 0.05) is 12.8 Å². The van der Waals surface area contributed by atoms with Gasteiger partial charge in [-0.15, -0.1) is 0 Å². The molecule has 2 N–H and O–H groups in total. The number of hydrogen-bond donors (Lipinski definition) is 2. The highest BCUT2D eigenvalue weighted by molar-refractivity contribution is 7.46. The second-order valence-electron chi connectivity index (χ2n) is 12.9. The smallest absolute Gasteiger partial charge is 0.462 e. The van der Waals surface area contributed by atoms with E-state index in [2.05, 4.69) is 91.3 Å². The van der Waals surface area contributed by atoms with Crippen molar-refractivity contribution in [2.75, 3.05) is 13.2 Å². The highest BCUT2D eigenvalue weighted by Crippen LogP contribution is 2.36. The molecular weight excluding hydrogens is 675 g/mol. The molecule has 296 valence electrons. The van der Waals surface area contributed by atoms with Crippen LogP contribution in [0.15, 0.2) is 85.1 Å². The number of ether oxygens (including phenoxy) is 2. The van der Waals surface area contributed by atoms with Crippen molar-refractivity contribution in [2.24, 2.45) is 0 Å². The Balaban J connectivity index is 4.10. The summed E-state index contributed by atoms with van der Waals surface area (Å²) >= 11 is 0. The quantitative estimate of drug-likeness (QED) is 0.0285. The summed E-state index contributed by atoms with van der Waals surface area (Å²) in [5.41, 5.74) is 0. The zero-order chi connectivity index (χ0) is 38.2. The molecule has 0 radical (unpaired) electrons. The summed E-state index contributed by atoms with van der Waals surface area (Å²) in [5.74, 6) is -0.995. The van der Waals surface area contributed by atoms with Crippen molar-refractivity contribution in [1.29, 1.82) is 0 Å². The number of phosphoric acid groups is 1. The van der Waals surface area contributed by atoms with Crippen molar-refractivity contribution in [3.8, 4) is 0 Å². The van der Waals surface area contributed by atoms with Gasteiger partial charge < -0.3 is 19.3 Å². The summed E-state index contributed by atoms with van der Waals surface area (Å²) in [6, 6.07) is 0. The average molecular weight is 747 g/mol. The first kappa shape index (κ1) is 49.2. The standard InChI is InChI=1S/C43H71O8P/c1-3-5-7-9-11-13-15-17-19-20-21-22-24-25-27-29-31-33-35-37-42(44)49-39-41(40-50-52(46,47)48)51-43(45)38-36-34-32-30-28-26-23-18-16-14-12-10-8-6-4-2/h5,7,11,13-14,16-17,19,21-22,25,27,31,33,41H,3-4,6,8-10,12,15,18,20,23-24,26,28-30,32,34-40H2,1-2H3,(H2,46,47,48)/b7-5-,13-11-,16-14-,19-17-,22-21-,27-25-,33-31-/t41-/m1/s1. The molecule has 0 aromatic heterocycles. The number of esters is 2. The van der Waals surface area contributed by atoms with Crippen molar-refractivity contribution >= 4 is 19.8 Å². The zero-order valence-corrected chi connectivity index (χ0v) is 33.3. The van der Waals surface area contributed by atoms with E-state index in [0.717, 1.165) is 64.2 Å². The molecule has 0 rings (SSSR count). The lowest BCUT2D eigenvalue weighted by Crippen LogP contribution is -2.29. The van der Waals surface area contributed by atoms with Gasteiger partial charge in [-0.1, -0.05) is 150 Å². The van der Waals surface area contributed by atoms with Crippen molar-refractivity contribution in [3.05, 3.63) is 85.1 Å². The van der Waals surface area contributed by atoms with Gasteiger partial charge >= 0.3 is 19.8 Å². The molecule has 1 atom stereocenters. The molecule has 0 aromatic rings. The topological polar surface area (TPSA) is 119 Å². The van der Waals surface area contributed by atoms with Gasteiger partial charge in [0.1, 0.15) is 6.61 Å². The summed E-state index contributed by atoms with van der Waals surface area (Å²) in [6.07, 6.45) is 50.3. The number of carbonyl (C=O) groups excluding carboxylic acids is 2. The lowest BCUT2D eigenvalue weighted by Gasteiger charge is -2.18.